The van der Waals surface area contributed by atoms with Crippen molar-refractivity contribution in [1.29, 1.82) is 0 Å². The highest BCUT2D eigenvalue weighted by atomic mass is 32.2. The van der Waals surface area contributed by atoms with E-state index in [1.54, 1.807) is 5.57 Å². The number of unbranched alkanes of at least 4 members (excludes halogenated alkanes) is 1. The highest BCUT2D eigenvalue weighted by molar-refractivity contribution is 7.99. The van der Waals surface area contributed by atoms with Crippen LogP contribution in [0.25, 0.3) is 0 Å². The third-order valence-corrected chi connectivity index (χ3v) is 4.87. The first-order chi connectivity index (χ1) is 7.62. The fourth-order valence-electron chi connectivity index (χ4n) is 2.28. The fourth-order valence-corrected chi connectivity index (χ4v) is 3.63. The van der Waals surface area contributed by atoms with E-state index in [2.05, 4.69) is 26.8 Å². The van der Waals surface area contributed by atoms with Crippen molar-refractivity contribution < 1.29 is 4.79 Å². The zero-order chi connectivity index (χ0) is 12.0. The number of rotatable bonds is 7. The fraction of sp³-hybridized carbons (Fsp3) is 0.786. The molecule has 0 fully saturated rings. The van der Waals surface area contributed by atoms with Crippen LogP contribution in [0.15, 0.2) is 11.6 Å². The van der Waals surface area contributed by atoms with Gasteiger partial charge in [0.2, 0.25) is 0 Å². The molecule has 0 aromatic heterocycles. The largest absolute Gasteiger partial charge is 0.303 e. The first kappa shape index (κ1) is 13.8. The first-order valence-electron chi connectivity index (χ1n) is 6.33. The average molecular weight is 240 g/mol. The van der Waals surface area contributed by atoms with E-state index in [1.807, 2.05) is 11.8 Å². The number of thioether (sulfide) groups is 1. The van der Waals surface area contributed by atoms with Gasteiger partial charge in [-0.2, -0.15) is 11.8 Å². The quantitative estimate of drug-likeness (QED) is 0.379. The van der Waals surface area contributed by atoms with Crippen LogP contribution in [-0.2, 0) is 4.79 Å². The molecule has 92 valence electrons. The number of carbonyl (C=O) groups excluding carboxylic acids is 1. The van der Waals surface area contributed by atoms with Crippen LogP contribution in [0.3, 0.4) is 0 Å². The van der Waals surface area contributed by atoms with E-state index < -0.39 is 0 Å². The molecular formula is C14H24OS. The van der Waals surface area contributed by atoms with Crippen LogP contribution in [0.5, 0.6) is 0 Å². The van der Waals surface area contributed by atoms with Crippen molar-refractivity contribution >= 4 is 18.0 Å². The zero-order valence-corrected chi connectivity index (χ0v) is 11.6. The van der Waals surface area contributed by atoms with Gasteiger partial charge < -0.3 is 4.79 Å². The molecule has 0 saturated carbocycles. The molecular weight excluding hydrogens is 216 g/mol. The lowest BCUT2D eigenvalue weighted by Crippen LogP contribution is -2.22. The van der Waals surface area contributed by atoms with Gasteiger partial charge in [0.25, 0.3) is 0 Å². The van der Waals surface area contributed by atoms with E-state index in [4.69, 9.17) is 0 Å². The molecule has 1 nitrogen and oxygen atoms in total. The maximum atomic E-state index is 10.6. The Kier molecular flexibility index (Phi) is 5.60. The molecule has 16 heavy (non-hydrogen) atoms. The molecule has 0 aromatic rings. The molecule has 1 rings (SSSR count). The summed E-state index contributed by atoms with van der Waals surface area (Å²) < 4.78 is 0. The number of hydrogen-bond acceptors (Lipinski definition) is 2. The van der Waals surface area contributed by atoms with Gasteiger partial charge in [0.05, 0.1) is 0 Å². The van der Waals surface area contributed by atoms with Crippen LogP contribution in [-0.4, -0.2) is 17.8 Å². The third-order valence-electron chi connectivity index (χ3n) is 3.78. The smallest absolute Gasteiger partial charge is 0.120 e. The normalized spacial score (nSPS) is 23.2. The van der Waals surface area contributed by atoms with E-state index in [0.717, 1.165) is 18.5 Å². The Morgan fingerprint density at radius 1 is 1.56 bits per heavy atom. The predicted molar refractivity (Wildman–Crippen MR) is 72.9 cm³/mol. The van der Waals surface area contributed by atoms with E-state index >= 15 is 0 Å². The Bertz CT molecular complexity index is 255. The second-order valence-corrected chi connectivity index (χ2v) is 6.30. The summed E-state index contributed by atoms with van der Waals surface area (Å²) >= 11 is 2.04. The zero-order valence-electron chi connectivity index (χ0n) is 10.8. The Hall–Kier alpha value is -0.240. The van der Waals surface area contributed by atoms with E-state index in [9.17, 15) is 4.79 Å². The van der Waals surface area contributed by atoms with Crippen LogP contribution < -0.4 is 0 Å². The lowest BCUT2D eigenvalue weighted by atomic mass is 9.76. The molecule has 0 heterocycles. The van der Waals surface area contributed by atoms with Gasteiger partial charge in [0, 0.05) is 12.2 Å². The molecule has 1 atom stereocenters. The van der Waals surface area contributed by atoms with Crippen LogP contribution in [0.2, 0.25) is 0 Å². The number of carbonyl (C=O) groups is 1. The summed E-state index contributed by atoms with van der Waals surface area (Å²) in [5.74, 6) is 2.96. The van der Waals surface area contributed by atoms with E-state index in [1.165, 1.54) is 18.6 Å². The van der Waals surface area contributed by atoms with E-state index in [0.29, 0.717) is 12.3 Å². The molecule has 0 amide bonds. The molecule has 0 spiro atoms. The summed E-state index contributed by atoms with van der Waals surface area (Å²) in [6.45, 7) is 6.82. The highest BCUT2D eigenvalue weighted by Crippen LogP contribution is 2.45. The van der Waals surface area contributed by atoms with Crippen molar-refractivity contribution in [1.82, 2.24) is 0 Å². The van der Waals surface area contributed by atoms with Crippen molar-refractivity contribution in [2.75, 3.05) is 11.5 Å². The van der Waals surface area contributed by atoms with Gasteiger partial charge in [0.15, 0.2) is 0 Å². The topological polar surface area (TPSA) is 17.1 Å². The summed E-state index contributed by atoms with van der Waals surface area (Å²) in [4.78, 5) is 10.6. The molecule has 0 aliphatic heterocycles. The summed E-state index contributed by atoms with van der Waals surface area (Å²) in [5.41, 5.74) is 1.79. The minimum absolute atomic E-state index is 0.236. The van der Waals surface area contributed by atoms with Crippen molar-refractivity contribution in [3.8, 4) is 0 Å². The number of allylic oxidation sites excluding steroid dienone is 1. The molecule has 1 aliphatic rings. The van der Waals surface area contributed by atoms with Crippen LogP contribution in [0, 0.1) is 11.3 Å². The van der Waals surface area contributed by atoms with E-state index in [-0.39, 0.29) is 5.41 Å². The predicted octanol–water partition coefficient (Wildman–Crippen LogP) is 4.08. The minimum Gasteiger partial charge on any atom is -0.303 e. The molecule has 2 heteroatoms. The Morgan fingerprint density at radius 2 is 2.31 bits per heavy atom. The van der Waals surface area contributed by atoms with Crippen molar-refractivity contribution in [3.63, 3.8) is 0 Å². The summed E-state index contributed by atoms with van der Waals surface area (Å²) in [6.07, 6.45) is 7.85. The average Bonchev–Trinajstić information content (AvgIpc) is 2.51. The first-order valence-corrected chi connectivity index (χ1v) is 7.49. The standard InChI is InChI=1S/C14H24OS/c1-4-5-10-16-11-13-7-6-12(8-9-15)14(13,2)3/h7,9,12H,4-6,8,10-11H2,1-3H3/t12-/m1/s1. The summed E-state index contributed by atoms with van der Waals surface area (Å²) in [7, 11) is 0. The Labute approximate surface area is 104 Å². The molecule has 0 unspecified atom stereocenters. The molecule has 0 saturated heterocycles. The van der Waals surface area contributed by atoms with Gasteiger partial charge >= 0.3 is 0 Å². The van der Waals surface area contributed by atoms with Gasteiger partial charge in [-0.3, -0.25) is 0 Å². The highest BCUT2D eigenvalue weighted by Gasteiger charge is 2.36. The van der Waals surface area contributed by atoms with Gasteiger partial charge in [0.1, 0.15) is 6.29 Å². The van der Waals surface area contributed by atoms with Gasteiger partial charge in [-0.25, -0.2) is 0 Å². The molecule has 0 radical (unpaired) electrons. The molecule has 0 N–H and O–H groups in total. The van der Waals surface area contributed by atoms with Gasteiger partial charge in [-0.15, -0.1) is 0 Å². The van der Waals surface area contributed by atoms with Crippen molar-refractivity contribution in [2.45, 2.75) is 46.5 Å². The second-order valence-electron chi connectivity index (χ2n) is 5.19. The maximum Gasteiger partial charge on any atom is 0.120 e. The lowest BCUT2D eigenvalue weighted by Gasteiger charge is -2.29. The maximum absolute atomic E-state index is 10.6. The summed E-state index contributed by atoms with van der Waals surface area (Å²) in [6, 6.07) is 0. The van der Waals surface area contributed by atoms with Crippen LogP contribution in [0.1, 0.15) is 46.5 Å². The SMILES string of the molecule is CCCCSCC1=CC[C@H](CC=O)C1(C)C. The van der Waals surface area contributed by atoms with Gasteiger partial charge in [-0.05, 0) is 29.9 Å². The third kappa shape index (κ3) is 3.38. The van der Waals surface area contributed by atoms with Crippen molar-refractivity contribution in [2.24, 2.45) is 11.3 Å². The monoisotopic (exact) mass is 240 g/mol. The minimum atomic E-state index is 0.236. The lowest BCUT2D eigenvalue weighted by molar-refractivity contribution is -0.109. The Balaban J connectivity index is 2.40. The summed E-state index contributed by atoms with van der Waals surface area (Å²) in [5, 5.41) is 0. The number of aldehydes is 1. The molecule has 1 aliphatic carbocycles. The van der Waals surface area contributed by atoms with Crippen molar-refractivity contribution in [3.05, 3.63) is 11.6 Å². The molecule has 0 bridgehead atoms. The van der Waals surface area contributed by atoms with Crippen LogP contribution in [0.4, 0.5) is 0 Å². The Morgan fingerprint density at radius 3 is 2.94 bits per heavy atom. The molecule has 0 aromatic carbocycles. The second kappa shape index (κ2) is 6.48. The van der Waals surface area contributed by atoms with Gasteiger partial charge in [-0.1, -0.05) is 38.8 Å². The van der Waals surface area contributed by atoms with Crippen LogP contribution >= 0.6 is 11.8 Å². The number of hydrogen-bond donors (Lipinski definition) is 0.